The van der Waals surface area contributed by atoms with Gasteiger partial charge >= 0.3 is 0 Å². The van der Waals surface area contributed by atoms with Crippen LogP contribution in [-0.2, 0) is 0 Å². The average Bonchev–Trinajstić information content (AvgIpc) is 3.08. The molecule has 0 heterocycles. The van der Waals surface area contributed by atoms with E-state index in [1.54, 1.807) is 7.11 Å². The van der Waals surface area contributed by atoms with Crippen LogP contribution in [-0.4, -0.2) is 7.11 Å². The first kappa shape index (κ1) is 14.0. The summed E-state index contributed by atoms with van der Waals surface area (Å²) in [6.45, 7) is 0. The molecule has 2 aromatic carbocycles. The highest BCUT2D eigenvalue weighted by molar-refractivity contribution is 7.99. The Kier molecular flexibility index (Phi) is 4.46. The third kappa shape index (κ3) is 3.40. The van der Waals surface area contributed by atoms with E-state index in [9.17, 15) is 0 Å². The molecule has 2 heteroatoms. The van der Waals surface area contributed by atoms with Gasteiger partial charge in [-0.3, -0.25) is 0 Å². The second kappa shape index (κ2) is 6.68. The summed E-state index contributed by atoms with van der Waals surface area (Å²) in [7, 11) is 1.70. The molecule has 0 fully saturated rings. The lowest BCUT2D eigenvalue weighted by Crippen LogP contribution is -2.04. The molecule has 0 bridgehead atoms. The van der Waals surface area contributed by atoms with Crippen LogP contribution in [0, 0.1) is 5.92 Å². The van der Waals surface area contributed by atoms with Gasteiger partial charge in [0, 0.05) is 16.1 Å². The summed E-state index contributed by atoms with van der Waals surface area (Å²) >= 11 is 1.91. The normalized spacial score (nSPS) is 15.3. The van der Waals surface area contributed by atoms with Crippen molar-refractivity contribution < 1.29 is 4.74 Å². The fraction of sp³-hybridized carbons (Fsp3) is 0.158. The summed E-state index contributed by atoms with van der Waals surface area (Å²) in [5, 5.41) is 0.383. The minimum Gasteiger partial charge on any atom is -0.497 e. The quantitative estimate of drug-likeness (QED) is 0.695. The van der Waals surface area contributed by atoms with Crippen molar-refractivity contribution in [2.45, 2.75) is 10.1 Å². The molecule has 2 aromatic rings. The Bertz CT molecular complexity index is 616. The lowest BCUT2D eigenvalue weighted by Gasteiger charge is -2.21. The fourth-order valence-corrected chi connectivity index (χ4v) is 3.70. The van der Waals surface area contributed by atoms with Crippen LogP contribution in [0.25, 0.3) is 0 Å². The summed E-state index contributed by atoms with van der Waals surface area (Å²) in [6, 6.07) is 19.0. The smallest absolute Gasteiger partial charge is 0.118 e. The SMILES string of the molecule is COc1ccc(C(Sc2ccccc2)C2C=CC=C2)cc1. The number of benzene rings is 2. The van der Waals surface area contributed by atoms with Gasteiger partial charge in [0.15, 0.2) is 0 Å². The molecule has 0 radical (unpaired) electrons. The Hall–Kier alpha value is -1.93. The minimum absolute atomic E-state index is 0.383. The van der Waals surface area contributed by atoms with Gasteiger partial charge < -0.3 is 4.74 Å². The first-order valence-electron chi connectivity index (χ1n) is 7.07. The molecule has 0 spiro atoms. The lowest BCUT2D eigenvalue weighted by molar-refractivity contribution is 0.414. The van der Waals surface area contributed by atoms with E-state index in [4.69, 9.17) is 4.74 Å². The highest BCUT2D eigenvalue weighted by Crippen LogP contribution is 2.43. The van der Waals surface area contributed by atoms with Gasteiger partial charge in [0.1, 0.15) is 5.75 Å². The summed E-state index contributed by atoms with van der Waals surface area (Å²) in [5.41, 5.74) is 1.32. The predicted octanol–water partition coefficient (Wildman–Crippen LogP) is 5.27. The maximum Gasteiger partial charge on any atom is 0.118 e. The van der Waals surface area contributed by atoms with E-state index in [2.05, 4.69) is 66.8 Å². The largest absolute Gasteiger partial charge is 0.497 e. The molecular formula is C19H18OS. The topological polar surface area (TPSA) is 9.23 Å². The van der Waals surface area contributed by atoms with Crippen molar-refractivity contribution >= 4 is 11.8 Å². The van der Waals surface area contributed by atoms with Crippen molar-refractivity contribution in [2.24, 2.45) is 5.92 Å². The summed E-state index contributed by atoms with van der Waals surface area (Å²) in [5.74, 6) is 1.34. The van der Waals surface area contributed by atoms with Crippen LogP contribution in [0.15, 0.2) is 83.8 Å². The van der Waals surface area contributed by atoms with Gasteiger partial charge in [0.05, 0.1) is 7.11 Å². The number of hydrogen-bond acceptors (Lipinski definition) is 2. The van der Waals surface area contributed by atoms with E-state index >= 15 is 0 Å². The van der Waals surface area contributed by atoms with E-state index in [0.29, 0.717) is 11.2 Å². The van der Waals surface area contributed by atoms with Crippen molar-refractivity contribution in [1.82, 2.24) is 0 Å². The van der Waals surface area contributed by atoms with Crippen LogP contribution in [0.2, 0.25) is 0 Å². The summed E-state index contributed by atoms with van der Waals surface area (Å²) in [4.78, 5) is 1.30. The predicted molar refractivity (Wildman–Crippen MR) is 89.8 cm³/mol. The highest BCUT2D eigenvalue weighted by Gasteiger charge is 2.21. The second-order valence-corrected chi connectivity index (χ2v) is 6.19. The van der Waals surface area contributed by atoms with Crippen molar-refractivity contribution in [3.05, 3.63) is 84.5 Å². The Morgan fingerprint density at radius 1 is 0.905 bits per heavy atom. The van der Waals surface area contributed by atoms with E-state index in [1.807, 2.05) is 23.9 Å². The maximum absolute atomic E-state index is 5.26. The molecule has 0 aromatic heterocycles. The molecule has 1 nitrogen and oxygen atoms in total. The Labute approximate surface area is 130 Å². The van der Waals surface area contributed by atoms with Crippen LogP contribution in [0.3, 0.4) is 0 Å². The van der Waals surface area contributed by atoms with Crippen LogP contribution in [0.5, 0.6) is 5.75 Å². The van der Waals surface area contributed by atoms with Gasteiger partial charge in [0.25, 0.3) is 0 Å². The molecule has 0 N–H and O–H groups in total. The van der Waals surface area contributed by atoms with Gasteiger partial charge in [-0.15, -0.1) is 11.8 Å². The number of methoxy groups -OCH3 is 1. The molecule has 1 aliphatic carbocycles. The molecule has 1 atom stereocenters. The third-order valence-corrected chi connectivity index (χ3v) is 4.96. The van der Waals surface area contributed by atoms with Crippen LogP contribution in [0.4, 0.5) is 0 Å². The van der Waals surface area contributed by atoms with Gasteiger partial charge in [-0.25, -0.2) is 0 Å². The Morgan fingerprint density at radius 2 is 1.57 bits per heavy atom. The van der Waals surface area contributed by atoms with Crippen molar-refractivity contribution in [2.75, 3.05) is 7.11 Å². The molecule has 21 heavy (non-hydrogen) atoms. The van der Waals surface area contributed by atoms with Gasteiger partial charge in [-0.2, -0.15) is 0 Å². The molecule has 0 saturated carbocycles. The first-order chi connectivity index (χ1) is 10.4. The molecular weight excluding hydrogens is 276 g/mol. The zero-order chi connectivity index (χ0) is 14.5. The summed E-state index contributed by atoms with van der Waals surface area (Å²) in [6.07, 6.45) is 8.80. The lowest BCUT2D eigenvalue weighted by atomic mass is 10.00. The molecule has 1 unspecified atom stereocenters. The standard InChI is InChI=1S/C19H18OS/c1-20-17-13-11-16(12-14-17)19(15-7-5-6-8-15)21-18-9-3-2-4-10-18/h2-15,19H,1H3. The number of hydrogen-bond donors (Lipinski definition) is 0. The summed E-state index contributed by atoms with van der Waals surface area (Å²) < 4.78 is 5.26. The monoisotopic (exact) mass is 294 g/mol. The number of ether oxygens (including phenoxy) is 1. The molecule has 3 rings (SSSR count). The van der Waals surface area contributed by atoms with E-state index in [1.165, 1.54) is 10.5 Å². The zero-order valence-electron chi connectivity index (χ0n) is 12.0. The first-order valence-corrected chi connectivity index (χ1v) is 7.95. The van der Waals surface area contributed by atoms with E-state index < -0.39 is 0 Å². The molecule has 0 amide bonds. The van der Waals surface area contributed by atoms with Gasteiger partial charge in [0.2, 0.25) is 0 Å². The average molecular weight is 294 g/mol. The molecule has 1 aliphatic rings. The van der Waals surface area contributed by atoms with Crippen LogP contribution in [0.1, 0.15) is 10.8 Å². The molecule has 0 saturated heterocycles. The zero-order valence-corrected chi connectivity index (χ0v) is 12.8. The highest BCUT2D eigenvalue weighted by atomic mass is 32.2. The fourth-order valence-electron chi connectivity index (χ4n) is 2.46. The van der Waals surface area contributed by atoms with E-state index in [-0.39, 0.29) is 0 Å². The van der Waals surface area contributed by atoms with E-state index in [0.717, 1.165) is 5.75 Å². The van der Waals surface area contributed by atoms with Gasteiger partial charge in [-0.1, -0.05) is 54.6 Å². The Morgan fingerprint density at radius 3 is 2.19 bits per heavy atom. The van der Waals surface area contributed by atoms with Gasteiger partial charge in [-0.05, 0) is 29.8 Å². The molecule has 0 aliphatic heterocycles. The van der Waals surface area contributed by atoms with Crippen LogP contribution < -0.4 is 4.74 Å². The van der Waals surface area contributed by atoms with Crippen molar-refractivity contribution in [3.63, 3.8) is 0 Å². The molecule has 106 valence electrons. The number of allylic oxidation sites excluding steroid dienone is 4. The van der Waals surface area contributed by atoms with Crippen molar-refractivity contribution in [1.29, 1.82) is 0 Å². The second-order valence-electron chi connectivity index (χ2n) is 4.97. The van der Waals surface area contributed by atoms with Crippen LogP contribution >= 0.6 is 11.8 Å². The number of rotatable bonds is 5. The van der Waals surface area contributed by atoms with Crippen molar-refractivity contribution in [3.8, 4) is 5.75 Å². The third-order valence-electron chi connectivity index (χ3n) is 3.58. The minimum atomic E-state index is 0.383. The Balaban J connectivity index is 1.88. The number of thioether (sulfide) groups is 1. The maximum atomic E-state index is 5.26.